The van der Waals surface area contributed by atoms with Gasteiger partial charge in [0.05, 0.1) is 23.6 Å². The van der Waals surface area contributed by atoms with Crippen molar-refractivity contribution in [1.29, 1.82) is 0 Å². The number of likely N-dealkylation sites (tertiary alicyclic amines) is 1. The van der Waals surface area contributed by atoms with Crippen LogP contribution in [0.1, 0.15) is 30.9 Å². The molecule has 2 fully saturated rings. The molecular formula is C26H27N7O3S. The molecule has 2 N–H and O–H groups in total. The molecule has 6 rings (SSSR count). The minimum Gasteiger partial charge on any atom is -0.381 e. The number of likely N-dealkylation sites (N-methyl/N-ethyl adjacent to an activating group) is 1. The van der Waals surface area contributed by atoms with Gasteiger partial charge in [0.15, 0.2) is 5.60 Å². The van der Waals surface area contributed by atoms with Crippen molar-refractivity contribution in [2.75, 3.05) is 32.1 Å². The van der Waals surface area contributed by atoms with Gasteiger partial charge in [-0.05, 0) is 30.5 Å². The van der Waals surface area contributed by atoms with E-state index in [2.05, 4.69) is 20.4 Å². The van der Waals surface area contributed by atoms with Crippen molar-refractivity contribution in [2.45, 2.75) is 30.9 Å². The summed E-state index contributed by atoms with van der Waals surface area (Å²) in [7, 11) is 1.71. The summed E-state index contributed by atoms with van der Waals surface area (Å²) in [6.45, 7) is 2.05. The summed E-state index contributed by atoms with van der Waals surface area (Å²) in [6, 6.07) is 9.59. The van der Waals surface area contributed by atoms with E-state index in [1.807, 2.05) is 40.5 Å². The van der Waals surface area contributed by atoms with Crippen molar-refractivity contribution in [3.05, 3.63) is 59.9 Å². The molecule has 11 heteroatoms. The zero-order valence-corrected chi connectivity index (χ0v) is 21.2. The summed E-state index contributed by atoms with van der Waals surface area (Å²) in [6.07, 6.45) is 7.73. The first kappa shape index (κ1) is 23.7. The Morgan fingerprint density at radius 3 is 2.86 bits per heavy atom. The number of anilines is 2. The minimum absolute atomic E-state index is 0.274. The molecule has 1 atom stereocenters. The number of carbonyl (C=O) groups is 1. The van der Waals surface area contributed by atoms with E-state index >= 15 is 0 Å². The SMILES string of the molecule is CN1CCC(O)(c2cccc(-c3nc(-c4ccnc(Nc5cnn(C6CCOCC6)c5)n4)cs3)c2)C1=O. The van der Waals surface area contributed by atoms with Crippen LogP contribution in [0.3, 0.4) is 0 Å². The third-order valence-corrected chi connectivity index (χ3v) is 7.83. The number of nitrogens with one attached hydrogen (secondary N) is 1. The van der Waals surface area contributed by atoms with Gasteiger partial charge in [-0.1, -0.05) is 18.2 Å². The van der Waals surface area contributed by atoms with Crippen LogP contribution in [-0.2, 0) is 15.1 Å². The number of rotatable bonds is 6. The maximum absolute atomic E-state index is 12.5. The van der Waals surface area contributed by atoms with Gasteiger partial charge >= 0.3 is 0 Å². The van der Waals surface area contributed by atoms with Gasteiger partial charge < -0.3 is 20.1 Å². The van der Waals surface area contributed by atoms with Crippen LogP contribution < -0.4 is 5.32 Å². The van der Waals surface area contributed by atoms with Crippen LogP contribution in [0, 0.1) is 0 Å². The molecule has 190 valence electrons. The highest BCUT2D eigenvalue weighted by Gasteiger charge is 2.45. The molecule has 5 heterocycles. The predicted octanol–water partition coefficient (Wildman–Crippen LogP) is 3.61. The van der Waals surface area contributed by atoms with E-state index < -0.39 is 5.60 Å². The molecule has 1 aromatic carbocycles. The normalized spacial score (nSPS) is 20.5. The first-order valence-electron chi connectivity index (χ1n) is 12.3. The molecule has 1 amide bonds. The van der Waals surface area contributed by atoms with E-state index in [4.69, 9.17) is 9.72 Å². The quantitative estimate of drug-likeness (QED) is 0.398. The van der Waals surface area contributed by atoms with Crippen LogP contribution in [0.2, 0.25) is 0 Å². The molecule has 2 saturated heterocycles. The lowest BCUT2D eigenvalue weighted by molar-refractivity contribution is -0.143. The highest BCUT2D eigenvalue weighted by molar-refractivity contribution is 7.13. The number of benzene rings is 1. The molecule has 4 aromatic rings. The van der Waals surface area contributed by atoms with E-state index in [0.29, 0.717) is 36.2 Å². The van der Waals surface area contributed by atoms with Crippen LogP contribution in [-0.4, -0.2) is 67.5 Å². The largest absolute Gasteiger partial charge is 0.381 e. The molecule has 0 bridgehead atoms. The third kappa shape index (κ3) is 4.61. The highest BCUT2D eigenvalue weighted by Crippen LogP contribution is 2.36. The van der Waals surface area contributed by atoms with Crippen molar-refractivity contribution in [3.63, 3.8) is 0 Å². The number of aromatic nitrogens is 5. The molecule has 0 spiro atoms. The van der Waals surface area contributed by atoms with Crippen molar-refractivity contribution in [2.24, 2.45) is 0 Å². The minimum atomic E-state index is -1.49. The summed E-state index contributed by atoms with van der Waals surface area (Å²) in [4.78, 5) is 27.9. The molecular weight excluding hydrogens is 490 g/mol. The highest BCUT2D eigenvalue weighted by atomic mass is 32.1. The molecule has 0 aliphatic carbocycles. The first-order valence-corrected chi connectivity index (χ1v) is 13.1. The number of hydrogen-bond donors (Lipinski definition) is 2. The topological polar surface area (TPSA) is 118 Å². The zero-order chi connectivity index (χ0) is 25.4. The fraction of sp³-hybridized carbons (Fsp3) is 0.346. The van der Waals surface area contributed by atoms with Crippen LogP contribution >= 0.6 is 11.3 Å². The second-order valence-corrected chi connectivity index (χ2v) is 10.3. The van der Waals surface area contributed by atoms with E-state index in [9.17, 15) is 9.90 Å². The Labute approximate surface area is 218 Å². The van der Waals surface area contributed by atoms with Gasteiger partial charge in [-0.3, -0.25) is 9.48 Å². The molecule has 0 radical (unpaired) electrons. The number of hydrogen-bond acceptors (Lipinski definition) is 9. The average Bonchev–Trinajstić information content (AvgIpc) is 3.67. The Kier molecular flexibility index (Phi) is 6.19. The molecule has 2 aliphatic rings. The average molecular weight is 518 g/mol. The lowest BCUT2D eigenvalue weighted by Crippen LogP contribution is -2.36. The Hall–Kier alpha value is -3.67. The van der Waals surface area contributed by atoms with Crippen LogP contribution in [0.5, 0.6) is 0 Å². The van der Waals surface area contributed by atoms with Crippen molar-refractivity contribution in [1.82, 2.24) is 29.6 Å². The standard InChI is InChI=1S/C26H27N7O3S/c1-32-10-8-26(35,24(32)34)18-4-2-3-17(13-18)23-30-22(16-37-23)21-5-9-27-25(31-21)29-19-14-28-33(15-19)20-6-11-36-12-7-20/h2-5,9,13-16,20,35H,6-8,10-12H2,1H3,(H,27,29,31). The fourth-order valence-electron chi connectivity index (χ4n) is 4.80. The lowest BCUT2D eigenvalue weighted by atomic mass is 9.91. The molecule has 2 aliphatic heterocycles. The summed E-state index contributed by atoms with van der Waals surface area (Å²) in [5, 5.41) is 21.5. The molecule has 37 heavy (non-hydrogen) atoms. The number of ether oxygens (including phenoxy) is 1. The van der Waals surface area contributed by atoms with E-state index in [-0.39, 0.29) is 5.91 Å². The Balaban J connectivity index is 1.20. The maximum atomic E-state index is 12.5. The van der Waals surface area contributed by atoms with Gasteiger partial charge in [0.25, 0.3) is 5.91 Å². The fourth-order valence-corrected chi connectivity index (χ4v) is 5.61. The summed E-state index contributed by atoms with van der Waals surface area (Å²) in [5.74, 6) is 0.190. The van der Waals surface area contributed by atoms with Gasteiger partial charge in [0.1, 0.15) is 10.7 Å². The molecule has 1 unspecified atom stereocenters. The first-order chi connectivity index (χ1) is 18.0. The molecule has 3 aromatic heterocycles. The molecule has 10 nitrogen and oxygen atoms in total. The summed E-state index contributed by atoms with van der Waals surface area (Å²) in [5.41, 5.74) is 2.19. The van der Waals surface area contributed by atoms with Crippen LogP contribution in [0.4, 0.5) is 11.6 Å². The van der Waals surface area contributed by atoms with Crippen molar-refractivity contribution in [3.8, 4) is 22.0 Å². The van der Waals surface area contributed by atoms with Crippen molar-refractivity contribution < 1.29 is 14.6 Å². The van der Waals surface area contributed by atoms with E-state index in [0.717, 1.165) is 48.0 Å². The number of thiazole rings is 1. The third-order valence-electron chi connectivity index (χ3n) is 6.94. The van der Waals surface area contributed by atoms with Gasteiger partial charge in [0.2, 0.25) is 5.95 Å². The summed E-state index contributed by atoms with van der Waals surface area (Å²) < 4.78 is 7.42. The van der Waals surface area contributed by atoms with E-state index in [1.54, 1.807) is 30.4 Å². The second-order valence-electron chi connectivity index (χ2n) is 9.40. The van der Waals surface area contributed by atoms with Gasteiger partial charge in [-0.25, -0.2) is 15.0 Å². The van der Waals surface area contributed by atoms with Crippen molar-refractivity contribution >= 4 is 28.9 Å². The van der Waals surface area contributed by atoms with Gasteiger partial charge in [0, 0.05) is 56.6 Å². The monoisotopic (exact) mass is 517 g/mol. The summed E-state index contributed by atoms with van der Waals surface area (Å²) >= 11 is 1.49. The van der Waals surface area contributed by atoms with Gasteiger partial charge in [-0.2, -0.15) is 5.10 Å². The number of carbonyl (C=O) groups excluding carboxylic acids is 1. The van der Waals surface area contributed by atoms with Gasteiger partial charge in [-0.15, -0.1) is 11.3 Å². The van der Waals surface area contributed by atoms with Crippen LogP contribution in [0.15, 0.2) is 54.3 Å². The number of amides is 1. The molecule has 0 saturated carbocycles. The van der Waals surface area contributed by atoms with Crippen LogP contribution in [0.25, 0.3) is 22.0 Å². The Morgan fingerprint density at radius 2 is 2.05 bits per heavy atom. The maximum Gasteiger partial charge on any atom is 0.258 e. The predicted molar refractivity (Wildman–Crippen MR) is 139 cm³/mol. The Morgan fingerprint density at radius 1 is 1.19 bits per heavy atom. The lowest BCUT2D eigenvalue weighted by Gasteiger charge is -2.22. The smallest absolute Gasteiger partial charge is 0.258 e. The second kappa shape index (κ2) is 9.66. The number of nitrogens with zero attached hydrogens (tertiary/aromatic N) is 6. The van der Waals surface area contributed by atoms with E-state index in [1.165, 1.54) is 11.3 Å². The zero-order valence-electron chi connectivity index (χ0n) is 20.4. The Bertz CT molecular complexity index is 1430. The number of aliphatic hydroxyl groups is 1.